The molecule has 0 aliphatic carbocycles. The van der Waals surface area contributed by atoms with E-state index < -0.39 is 17.6 Å². The molecule has 0 spiro atoms. The number of benzene rings is 1. The van der Waals surface area contributed by atoms with Crippen molar-refractivity contribution >= 4 is 5.91 Å². The molecule has 1 amide bonds. The highest BCUT2D eigenvalue weighted by molar-refractivity contribution is 5.95. The second-order valence-corrected chi connectivity index (χ2v) is 4.01. The number of hydrogen-bond acceptors (Lipinski definition) is 1. The van der Waals surface area contributed by atoms with Crippen LogP contribution in [-0.4, -0.2) is 12.5 Å². The Kier molecular flexibility index (Phi) is 5.19. The van der Waals surface area contributed by atoms with E-state index in [1.807, 2.05) is 6.92 Å². The van der Waals surface area contributed by atoms with Crippen molar-refractivity contribution in [1.29, 1.82) is 0 Å². The summed E-state index contributed by atoms with van der Waals surface area (Å²) in [5, 5.41) is 2.51. The van der Waals surface area contributed by atoms with Crippen molar-refractivity contribution in [3.8, 4) is 0 Å². The fourth-order valence-electron chi connectivity index (χ4n) is 1.60. The number of unbranched alkanes of at least 4 members (excludes halogenated alkanes) is 2. The smallest absolute Gasteiger partial charge is 0.352 e. The second kappa shape index (κ2) is 6.42. The molecule has 5 heteroatoms. The number of carbonyl (C=O) groups excluding carboxylic acids is 1. The fourth-order valence-corrected chi connectivity index (χ4v) is 1.60. The van der Waals surface area contributed by atoms with Crippen LogP contribution in [0.1, 0.15) is 42.1 Å². The van der Waals surface area contributed by atoms with Crippen LogP contribution in [0.25, 0.3) is 0 Å². The number of halogens is 3. The van der Waals surface area contributed by atoms with E-state index in [9.17, 15) is 18.0 Å². The van der Waals surface area contributed by atoms with Gasteiger partial charge in [-0.1, -0.05) is 31.9 Å². The van der Waals surface area contributed by atoms with Gasteiger partial charge in [0, 0.05) is 6.54 Å². The van der Waals surface area contributed by atoms with Crippen molar-refractivity contribution in [1.82, 2.24) is 5.32 Å². The van der Waals surface area contributed by atoms with Crippen molar-refractivity contribution in [3.05, 3.63) is 35.4 Å². The minimum Gasteiger partial charge on any atom is -0.352 e. The standard InChI is InChI=1S/C13H16F3NO/c1-2-3-6-9-17-12(18)10-7-4-5-8-11(10)13(14,15)16/h4-5,7-8H,2-3,6,9H2,1H3,(H,17,18). The predicted molar refractivity (Wildman–Crippen MR) is 63.3 cm³/mol. The summed E-state index contributed by atoms with van der Waals surface area (Å²) < 4.78 is 38.0. The van der Waals surface area contributed by atoms with Gasteiger partial charge in [0.2, 0.25) is 0 Å². The first kappa shape index (κ1) is 14.5. The first-order valence-electron chi connectivity index (χ1n) is 5.91. The summed E-state index contributed by atoms with van der Waals surface area (Å²) in [6.07, 6.45) is -1.79. The second-order valence-electron chi connectivity index (χ2n) is 4.01. The maximum atomic E-state index is 12.7. The first-order valence-corrected chi connectivity index (χ1v) is 5.91. The molecular formula is C13H16F3NO. The molecule has 2 nitrogen and oxygen atoms in total. The van der Waals surface area contributed by atoms with Crippen molar-refractivity contribution in [3.63, 3.8) is 0 Å². The Hall–Kier alpha value is -1.52. The van der Waals surface area contributed by atoms with Gasteiger partial charge in [-0.05, 0) is 18.6 Å². The van der Waals surface area contributed by atoms with E-state index in [1.165, 1.54) is 18.2 Å². The van der Waals surface area contributed by atoms with Gasteiger partial charge in [-0.2, -0.15) is 13.2 Å². The van der Waals surface area contributed by atoms with Gasteiger partial charge in [0.25, 0.3) is 5.91 Å². The minimum absolute atomic E-state index is 0.318. The summed E-state index contributed by atoms with van der Waals surface area (Å²) in [5.74, 6) is -0.668. The summed E-state index contributed by atoms with van der Waals surface area (Å²) in [4.78, 5) is 11.7. The van der Waals surface area contributed by atoms with Gasteiger partial charge in [0.05, 0.1) is 11.1 Å². The highest BCUT2D eigenvalue weighted by Crippen LogP contribution is 2.31. The molecule has 0 saturated carbocycles. The molecule has 0 aliphatic rings. The SMILES string of the molecule is CCCCCNC(=O)c1ccccc1C(F)(F)F. The van der Waals surface area contributed by atoms with E-state index in [1.54, 1.807) is 0 Å². The molecule has 0 radical (unpaired) electrons. The molecule has 0 saturated heterocycles. The van der Waals surface area contributed by atoms with Gasteiger partial charge in [0.15, 0.2) is 0 Å². The van der Waals surface area contributed by atoms with E-state index in [0.717, 1.165) is 25.3 Å². The molecule has 1 N–H and O–H groups in total. The molecule has 0 bridgehead atoms. The Morgan fingerprint density at radius 1 is 1.22 bits per heavy atom. The largest absolute Gasteiger partial charge is 0.417 e. The number of alkyl halides is 3. The Balaban J connectivity index is 2.74. The minimum atomic E-state index is -4.50. The Labute approximate surface area is 104 Å². The summed E-state index contributed by atoms with van der Waals surface area (Å²) in [6.45, 7) is 2.42. The summed E-state index contributed by atoms with van der Waals surface area (Å²) >= 11 is 0. The lowest BCUT2D eigenvalue weighted by Crippen LogP contribution is -2.27. The summed E-state index contributed by atoms with van der Waals surface area (Å²) in [7, 11) is 0. The quantitative estimate of drug-likeness (QED) is 0.804. The monoisotopic (exact) mass is 259 g/mol. The molecule has 0 heterocycles. The van der Waals surface area contributed by atoms with Crippen LogP contribution in [0.2, 0.25) is 0 Å². The third-order valence-corrected chi connectivity index (χ3v) is 2.54. The van der Waals surface area contributed by atoms with E-state index in [-0.39, 0.29) is 5.56 Å². The molecular weight excluding hydrogens is 243 g/mol. The highest BCUT2D eigenvalue weighted by atomic mass is 19.4. The third kappa shape index (κ3) is 4.05. The number of hydrogen-bond donors (Lipinski definition) is 1. The van der Waals surface area contributed by atoms with Crippen LogP contribution in [-0.2, 0) is 6.18 Å². The van der Waals surface area contributed by atoms with Gasteiger partial charge in [0.1, 0.15) is 0 Å². The lowest BCUT2D eigenvalue weighted by Gasteiger charge is -2.12. The van der Waals surface area contributed by atoms with E-state index in [2.05, 4.69) is 5.32 Å². The topological polar surface area (TPSA) is 29.1 Å². The highest BCUT2D eigenvalue weighted by Gasteiger charge is 2.34. The van der Waals surface area contributed by atoms with Gasteiger partial charge in [-0.25, -0.2) is 0 Å². The molecule has 0 aromatic heterocycles. The van der Waals surface area contributed by atoms with E-state index in [0.29, 0.717) is 6.54 Å². The lowest BCUT2D eigenvalue weighted by atomic mass is 10.1. The van der Waals surface area contributed by atoms with Crippen LogP contribution in [0.5, 0.6) is 0 Å². The van der Waals surface area contributed by atoms with E-state index >= 15 is 0 Å². The van der Waals surface area contributed by atoms with Crippen molar-refractivity contribution in [2.75, 3.05) is 6.54 Å². The number of carbonyl (C=O) groups is 1. The lowest BCUT2D eigenvalue weighted by molar-refractivity contribution is -0.137. The average molecular weight is 259 g/mol. The molecule has 0 aliphatic heterocycles. The molecule has 0 fully saturated rings. The third-order valence-electron chi connectivity index (χ3n) is 2.54. The summed E-state index contributed by atoms with van der Waals surface area (Å²) in [5.41, 5.74) is -1.21. The molecule has 1 aromatic carbocycles. The molecule has 0 atom stereocenters. The molecule has 1 rings (SSSR count). The zero-order valence-electron chi connectivity index (χ0n) is 10.2. The predicted octanol–water partition coefficient (Wildman–Crippen LogP) is 3.63. The van der Waals surface area contributed by atoms with Crippen LogP contribution in [0.4, 0.5) is 13.2 Å². The van der Waals surface area contributed by atoms with Crippen molar-refractivity contribution in [2.24, 2.45) is 0 Å². The maximum Gasteiger partial charge on any atom is 0.417 e. The van der Waals surface area contributed by atoms with Gasteiger partial charge >= 0.3 is 6.18 Å². The van der Waals surface area contributed by atoms with Crippen molar-refractivity contribution in [2.45, 2.75) is 32.4 Å². The van der Waals surface area contributed by atoms with Crippen LogP contribution >= 0.6 is 0 Å². The average Bonchev–Trinajstić information content (AvgIpc) is 2.33. The fraction of sp³-hybridized carbons (Fsp3) is 0.462. The molecule has 1 aromatic rings. The molecule has 100 valence electrons. The number of amides is 1. The zero-order chi connectivity index (χ0) is 13.6. The van der Waals surface area contributed by atoms with Crippen LogP contribution < -0.4 is 5.32 Å². The molecule has 0 unspecified atom stereocenters. The normalized spacial score (nSPS) is 11.3. The maximum absolute atomic E-state index is 12.7. The number of rotatable bonds is 5. The first-order chi connectivity index (χ1) is 8.46. The van der Waals surface area contributed by atoms with Crippen LogP contribution in [0, 0.1) is 0 Å². The summed E-state index contributed by atoms with van der Waals surface area (Å²) in [6, 6.07) is 4.81. The van der Waals surface area contributed by atoms with Gasteiger partial charge in [-0.3, -0.25) is 4.79 Å². The Bertz CT molecular complexity index is 401. The number of nitrogens with one attached hydrogen (secondary N) is 1. The zero-order valence-corrected chi connectivity index (χ0v) is 10.2. The van der Waals surface area contributed by atoms with Crippen molar-refractivity contribution < 1.29 is 18.0 Å². The van der Waals surface area contributed by atoms with Gasteiger partial charge in [-0.15, -0.1) is 0 Å². The molecule has 18 heavy (non-hydrogen) atoms. The van der Waals surface area contributed by atoms with Crippen LogP contribution in [0.15, 0.2) is 24.3 Å². The van der Waals surface area contributed by atoms with Crippen LogP contribution in [0.3, 0.4) is 0 Å². The Morgan fingerprint density at radius 3 is 2.50 bits per heavy atom. The Morgan fingerprint density at radius 2 is 1.89 bits per heavy atom. The van der Waals surface area contributed by atoms with E-state index in [4.69, 9.17) is 0 Å². The van der Waals surface area contributed by atoms with Gasteiger partial charge < -0.3 is 5.32 Å².